The number of phosphoric acid groups is 1. The van der Waals surface area contributed by atoms with Crippen LogP contribution in [0.15, 0.2) is 24.3 Å². The molecule has 0 aliphatic carbocycles. The van der Waals surface area contributed by atoms with Crippen molar-refractivity contribution in [2.45, 2.75) is 116 Å². The zero-order chi connectivity index (χ0) is 30.0. The molecule has 0 aromatic rings. The first-order valence-corrected chi connectivity index (χ1v) is 17.0. The van der Waals surface area contributed by atoms with Crippen molar-refractivity contribution in [1.82, 2.24) is 0 Å². The molecule has 0 aliphatic rings. The van der Waals surface area contributed by atoms with E-state index in [-0.39, 0.29) is 19.8 Å². The number of carbonyl (C=O) groups excluding carboxylic acids is 1. The second-order valence-electron chi connectivity index (χ2n) is 11.5. The molecule has 0 saturated heterocycles. The van der Waals surface area contributed by atoms with E-state index in [9.17, 15) is 14.3 Å². The lowest BCUT2D eigenvalue weighted by atomic mass is 10.1. The molecule has 0 radical (unpaired) electrons. The Bertz CT molecular complexity index is 706. The molecule has 0 N–H and O–H groups in total. The average Bonchev–Trinajstić information content (AvgIpc) is 2.87. The molecule has 0 fully saturated rings. The van der Waals surface area contributed by atoms with Crippen LogP contribution in [0, 0.1) is 0 Å². The number of phosphoric ester groups is 1. The van der Waals surface area contributed by atoms with Gasteiger partial charge in [0, 0.05) is 13.5 Å². The molecule has 2 atom stereocenters. The van der Waals surface area contributed by atoms with Crippen LogP contribution in [0.5, 0.6) is 0 Å². The van der Waals surface area contributed by atoms with E-state index < -0.39 is 19.9 Å². The van der Waals surface area contributed by atoms with Crippen molar-refractivity contribution in [1.29, 1.82) is 0 Å². The predicted octanol–water partition coefficient (Wildman–Crippen LogP) is 7.13. The highest BCUT2D eigenvalue weighted by Crippen LogP contribution is 2.38. The van der Waals surface area contributed by atoms with Gasteiger partial charge in [-0.2, -0.15) is 0 Å². The van der Waals surface area contributed by atoms with Gasteiger partial charge in [0.05, 0.1) is 34.4 Å². The zero-order valence-corrected chi connectivity index (χ0v) is 27.2. The minimum Gasteiger partial charge on any atom is -0.756 e. The summed E-state index contributed by atoms with van der Waals surface area (Å²) >= 11 is 0. The maximum absolute atomic E-state index is 12.0. The van der Waals surface area contributed by atoms with E-state index in [0.717, 1.165) is 19.3 Å². The van der Waals surface area contributed by atoms with Crippen LogP contribution in [0.25, 0.3) is 0 Å². The summed E-state index contributed by atoms with van der Waals surface area (Å²) in [5.74, 6) is -0.513. The molecule has 236 valence electrons. The first-order chi connectivity index (χ1) is 19.1. The Morgan fingerprint density at radius 1 is 0.775 bits per heavy atom. The largest absolute Gasteiger partial charge is 0.756 e. The second kappa shape index (κ2) is 25.7. The molecular weight excluding hydrogens is 529 g/mol. The van der Waals surface area contributed by atoms with E-state index in [1.807, 2.05) is 21.1 Å². The molecule has 0 heterocycles. The normalized spacial score (nSPS) is 14.7. The van der Waals surface area contributed by atoms with Crippen molar-refractivity contribution in [3.8, 4) is 0 Å². The van der Waals surface area contributed by atoms with E-state index in [1.54, 1.807) is 0 Å². The lowest BCUT2D eigenvalue weighted by Crippen LogP contribution is -2.37. The van der Waals surface area contributed by atoms with E-state index >= 15 is 0 Å². The van der Waals surface area contributed by atoms with Gasteiger partial charge in [-0.25, -0.2) is 0 Å². The summed E-state index contributed by atoms with van der Waals surface area (Å²) in [7, 11) is 1.34. The van der Waals surface area contributed by atoms with Crippen molar-refractivity contribution >= 4 is 13.8 Å². The van der Waals surface area contributed by atoms with Crippen LogP contribution < -0.4 is 4.89 Å². The van der Waals surface area contributed by atoms with E-state index in [1.165, 1.54) is 84.0 Å². The van der Waals surface area contributed by atoms with Gasteiger partial charge in [0.2, 0.25) is 0 Å². The van der Waals surface area contributed by atoms with Crippen molar-refractivity contribution < 1.29 is 37.3 Å². The minimum atomic E-state index is -4.47. The summed E-state index contributed by atoms with van der Waals surface area (Å²) < 4.78 is 33.1. The van der Waals surface area contributed by atoms with Crippen LogP contribution in [0.2, 0.25) is 0 Å². The summed E-state index contributed by atoms with van der Waals surface area (Å²) in [6.07, 6.45) is 26.7. The SMILES string of the molecule is CCCCCC/C=C\C/C=C\CCCCCCCCCCOCC(COP(=O)([O-])OCC[N+](C)(C)C)OC(C)=O. The highest BCUT2D eigenvalue weighted by Gasteiger charge is 2.19. The Kier molecular flexibility index (Phi) is 25.0. The number of rotatable bonds is 28. The Balaban J connectivity index is 3.73. The van der Waals surface area contributed by atoms with Crippen LogP contribution in [-0.2, 0) is 27.9 Å². The summed E-state index contributed by atoms with van der Waals surface area (Å²) in [4.78, 5) is 23.3. The van der Waals surface area contributed by atoms with Crippen LogP contribution in [0.3, 0.4) is 0 Å². The third kappa shape index (κ3) is 30.0. The molecule has 8 nitrogen and oxygen atoms in total. The number of carbonyl (C=O) groups is 1. The van der Waals surface area contributed by atoms with Gasteiger partial charge < -0.3 is 27.9 Å². The van der Waals surface area contributed by atoms with E-state index in [0.29, 0.717) is 17.6 Å². The lowest BCUT2D eigenvalue weighted by molar-refractivity contribution is -0.870. The highest BCUT2D eigenvalue weighted by atomic mass is 31.2. The Labute approximate surface area is 245 Å². The van der Waals surface area contributed by atoms with Crippen LogP contribution in [0.1, 0.15) is 110 Å². The molecule has 0 aromatic heterocycles. The van der Waals surface area contributed by atoms with Crippen molar-refractivity contribution in [3.63, 3.8) is 0 Å². The second-order valence-corrected chi connectivity index (χ2v) is 13.0. The molecule has 0 aliphatic heterocycles. The summed E-state index contributed by atoms with van der Waals surface area (Å²) in [6.45, 7) is 4.36. The Hall–Kier alpha value is -1.02. The third-order valence-electron chi connectivity index (χ3n) is 6.31. The fourth-order valence-corrected chi connectivity index (χ4v) is 4.66. The van der Waals surface area contributed by atoms with Gasteiger partial charge in [-0.05, 0) is 38.5 Å². The number of likely N-dealkylation sites (N-methyl/N-ethyl adjacent to an activating group) is 1. The number of hydrogen-bond acceptors (Lipinski definition) is 7. The maximum Gasteiger partial charge on any atom is 0.303 e. The summed E-state index contributed by atoms with van der Waals surface area (Å²) in [6, 6.07) is 0. The molecule has 0 aromatic carbocycles. The minimum absolute atomic E-state index is 0.0216. The quantitative estimate of drug-likeness (QED) is 0.0315. The monoisotopic (exact) mass is 589 g/mol. The van der Waals surface area contributed by atoms with Crippen LogP contribution in [0.4, 0.5) is 0 Å². The molecular formula is C31H60NO7P. The lowest BCUT2D eigenvalue weighted by Gasteiger charge is -2.28. The molecule has 0 amide bonds. The fraction of sp³-hybridized carbons (Fsp3) is 0.839. The molecule has 0 rings (SSSR count). The fourth-order valence-electron chi connectivity index (χ4n) is 3.93. The molecule has 40 heavy (non-hydrogen) atoms. The van der Waals surface area contributed by atoms with Crippen LogP contribution in [-0.4, -0.2) is 70.7 Å². The standard InChI is InChI=1S/C31H60NO7P/c1-6-7-8-9-10-11-12-13-14-15-16-17-18-19-20-21-22-23-24-26-36-28-31(39-30(2)33)29-38-40(34,35)37-27-25-32(3,4)5/h11-12,14-15,31H,6-10,13,16-29H2,1-5H3/b12-11-,15-14-. The topological polar surface area (TPSA) is 94.1 Å². The molecule has 0 spiro atoms. The number of ether oxygens (including phenoxy) is 2. The van der Waals surface area contributed by atoms with Gasteiger partial charge in [0.1, 0.15) is 19.3 Å². The van der Waals surface area contributed by atoms with E-state index in [4.69, 9.17) is 18.5 Å². The van der Waals surface area contributed by atoms with Crippen molar-refractivity contribution in [2.75, 3.05) is 54.1 Å². The third-order valence-corrected chi connectivity index (χ3v) is 7.27. The summed E-state index contributed by atoms with van der Waals surface area (Å²) in [5.41, 5.74) is 0. The van der Waals surface area contributed by atoms with Crippen molar-refractivity contribution in [3.05, 3.63) is 24.3 Å². The first-order valence-electron chi connectivity index (χ1n) is 15.5. The smallest absolute Gasteiger partial charge is 0.303 e. The molecule has 2 unspecified atom stereocenters. The Morgan fingerprint density at radius 3 is 1.88 bits per heavy atom. The number of esters is 1. The maximum atomic E-state index is 12.0. The van der Waals surface area contributed by atoms with Crippen molar-refractivity contribution in [2.24, 2.45) is 0 Å². The average molecular weight is 590 g/mol. The number of allylic oxidation sites excluding steroid dienone is 4. The zero-order valence-electron chi connectivity index (χ0n) is 26.3. The van der Waals surface area contributed by atoms with Crippen LogP contribution >= 0.6 is 7.82 Å². The van der Waals surface area contributed by atoms with Gasteiger partial charge in [0.15, 0.2) is 0 Å². The number of quaternary nitrogens is 1. The number of unbranched alkanes of at least 4 members (excludes halogenated alkanes) is 12. The van der Waals surface area contributed by atoms with Gasteiger partial charge in [-0.1, -0.05) is 89.0 Å². The molecule has 0 saturated carbocycles. The number of nitrogens with zero attached hydrogens (tertiary/aromatic N) is 1. The number of hydrogen-bond donors (Lipinski definition) is 0. The summed E-state index contributed by atoms with van der Waals surface area (Å²) in [5, 5.41) is 0. The Morgan fingerprint density at radius 2 is 1.32 bits per heavy atom. The van der Waals surface area contributed by atoms with Gasteiger partial charge in [-0.15, -0.1) is 0 Å². The highest BCUT2D eigenvalue weighted by molar-refractivity contribution is 7.45. The predicted molar refractivity (Wildman–Crippen MR) is 162 cm³/mol. The van der Waals surface area contributed by atoms with E-state index in [2.05, 4.69) is 31.2 Å². The molecule has 9 heteroatoms. The first kappa shape index (κ1) is 39.0. The molecule has 0 bridgehead atoms. The van der Waals surface area contributed by atoms with Gasteiger partial charge >= 0.3 is 5.97 Å². The van der Waals surface area contributed by atoms with Gasteiger partial charge in [-0.3, -0.25) is 9.36 Å². The van der Waals surface area contributed by atoms with Gasteiger partial charge in [0.25, 0.3) is 7.82 Å².